The molecule has 0 aliphatic rings. The lowest BCUT2D eigenvalue weighted by molar-refractivity contribution is 0.208. The summed E-state index contributed by atoms with van der Waals surface area (Å²) < 4.78 is 1.70. The number of aliphatic hydroxyl groups excluding tert-OH is 1. The molecule has 1 heterocycles. The highest BCUT2D eigenvalue weighted by atomic mass is 16.3. The highest BCUT2D eigenvalue weighted by Crippen LogP contribution is 2.19. The lowest BCUT2D eigenvalue weighted by Gasteiger charge is -2.29. The molecule has 6 heteroatoms. The summed E-state index contributed by atoms with van der Waals surface area (Å²) in [5.74, 6) is 0.597. The predicted molar refractivity (Wildman–Crippen MR) is 90.9 cm³/mol. The maximum atomic E-state index is 12.3. The van der Waals surface area contributed by atoms with E-state index in [0.717, 1.165) is 17.7 Å². The summed E-state index contributed by atoms with van der Waals surface area (Å²) >= 11 is 0. The van der Waals surface area contributed by atoms with E-state index < -0.39 is 5.54 Å². The summed E-state index contributed by atoms with van der Waals surface area (Å²) in [6.45, 7) is 5.93. The fraction of sp³-hybridized carbons (Fsp3) is 0.412. The SMILES string of the molecule is CCC(C)(CCO)NC(=O)Nc1ccnn1-c1ccccc1C. The number of aryl methyl sites for hydroxylation is 1. The van der Waals surface area contributed by atoms with Gasteiger partial charge < -0.3 is 10.4 Å². The molecule has 0 radical (unpaired) electrons. The second-order valence-electron chi connectivity index (χ2n) is 5.88. The van der Waals surface area contributed by atoms with Crippen molar-refractivity contribution in [2.45, 2.75) is 39.2 Å². The largest absolute Gasteiger partial charge is 0.396 e. The molecule has 0 aliphatic heterocycles. The first-order chi connectivity index (χ1) is 11.0. The molecular weight excluding hydrogens is 292 g/mol. The standard InChI is InChI=1S/C17H24N4O2/c1-4-17(3,10-12-22)20-16(23)19-15-9-11-18-21(15)14-8-6-5-7-13(14)2/h5-9,11,22H,4,10,12H2,1-3H3,(H2,19,20,23). The van der Waals surface area contributed by atoms with Gasteiger partial charge in [0, 0.05) is 18.2 Å². The quantitative estimate of drug-likeness (QED) is 0.766. The van der Waals surface area contributed by atoms with E-state index in [1.807, 2.05) is 45.0 Å². The first-order valence-electron chi connectivity index (χ1n) is 7.79. The van der Waals surface area contributed by atoms with Crippen molar-refractivity contribution in [3.63, 3.8) is 0 Å². The third kappa shape index (κ3) is 4.10. The molecule has 0 bridgehead atoms. The number of carbonyl (C=O) groups excluding carboxylic acids is 1. The molecule has 0 fully saturated rings. The number of anilines is 1. The Morgan fingerprint density at radius 2 is 2.09 bits per heavy atom. The van der Waals surface area contributed by atoms with E-state index in [2.05, 4.69) is 15.7 Å². The Kier molecular flexibility index (Phi) is 5.39. The van der Waals surface area contributed by atoms with E-state index in [1.54, 1.807) is 16.9 Å². The second-order valence-corrected chi connectivity index (χ2v) is 5.88. The summed E-state index contributed by atoms with van der Waals surface area (Å²) in [5.41, 5.74) is 1.55. The van der Waals surface area contributed by atoms with Crippen LogP contribution in [0.4, 0.5) is 10.6 Å². The lowest BCUT2D eigenvalue weighted by atomic mass is 9.95. The summed E-state index contributed by atoms with van der Waals surface area (Å²) in [7, 11) is 0. The van der Waals surface area contributed by atoms with Gasteiger partial charge in [-0.3, -0.25) is 5.32 Å². The summed E-state index contributed by atoms with van der Waals surface area (Å²) in [4.78, 5) is 12.3. The number of rotatable bonds is 6. The molecule has 1 aromatic heterocycles. The molecule has 0 aliphatic carbocycles. The molecular formula is C17H24N4O2. The average Bonchev–Trinajstić information content (AvgIpc) is 2.95. The predicted octanol–water partition coefficient (Wildman–Crippen LogP) is 2.85. The van der Waals surface area contributed by atoms with Gasteiger partial charge in [-0.05, 0) is 38.3 Å². The molecule has 2 rings (SSSR count). The van der Waals surface area contributed by atoms with Crippen LogP contribution in [0, 0.1) is 6.92 Å². The van der Waals surface area contributed by atoms with Crippen LogP contribution in [0.15, 0.2) is 36.5 Å². The van der Waals surface area contributed by atoms with Gasteiger partial charge in [0.25, 0.3) is 0 Å². The van der Waals surface area contributed by atoms with Crippen LogP contribution in [0.5, 0.6) is 0 Å². The molecule has 0 saturated carbocycles. The zero-order chi connectivity index (χ0) is 16.9. The van der Waals surface area contributed by atoms with E-state index in [9.17, 15) is 4.79 Å². The van der Waals surface area contributed by atoms with Gasteiger partial charge in [0.2, 0.25) is 0 Å². The van der Waals surface area contributed by atoms with E-state index in [-0.39, 0.29) is 12.6 Å². The Morgan fingerprint density at radius 3 is 2.74 bits per heavy atom. The van der Waals surface area contributed by atoms with Gasteiger partial charge in [0.1, 0.15) is 5.82 Å². The topological polar surface area (TPSA) is 79.2 Å². The maximum absolute atomic E-state index is 12.3. The van der Waals surface area contributed by atoms with Crippen LogP contribution < -0.4 is 10.6 Å². The number of aromatic nitrogens is 2. The van der Waals surface area contributed by atoms with Crippen LogP contribution in [0.1, 0.15) is 32.3 Å². The Labute approximate surface area is 136 Å². The zero-order valence-electron chi connectivity index (χ0n) is 13.8. The second kappa shape index (κ2) is 7.28. The number of para-hydroxylation sites is 1. The lowest BCUT2D eigenvalue weighted by Crippen LogP contribution is -2.48. The minimum atomic E-state index is -0.438. The Hall–Kier alpha value is -2.34. The monoisotopic (exact) mass is 316 g/mol. The number of nitrogens with one attached hydrogen (secondary N) is 2. The third-order valence-corrected chi connectivity index (χ3v) is 4.09. The third-order valence-electron chi connectivity index (χ3n) is 4.09. The van der Waals surface area contributed by atoms with E-state index in [4.69, 9.17) is 5.11 Å². The highest BCUT2D eigenvalue weighted by molar-refractivity contribution is 5.89. The normalized spacial score (nSPS) is 13.4. The molecule has 3 N–H and O–H groups in total. The van der Waals surface area contributed by atoms with Crippen LogP contribution in [-0.4, -0.2) is 33.1 Å². The van der Waals surface area contributed by atoms with Gasteiger partial charge in [-0.15, -0.1) is 0 Å². The van der Waals surface area contributed by atoms with E-state index in [0.29, 0.717) is 12.2 Å². The van der Waals surface area contributed by atoms with Gasteiger partial charge in [-0.1, -0.05) is 25.1 Å². The van der Waals surface area contributed by atoms with Crippen molar-refractivity contribution in [1.82, 2.24) is 15.1 Å². The molecule has 1 atom stereocenters. The molecule has 2 amide bonds. The summed E-state index contributed by atoms with van der Waals surface area (Å²) in [6.07, 6.45) is 2.89. The fourth-order valence-electron chi connectivity index (χ4n) is 2.39. The summed E-state index contributed by atoms with van der Waals surface area (Å²) in [5, 5.41) is 19.2. The Balaban J connectivity index is 2.15. The average molecular weight is 316 g/mol. The molecule has 2 aromatic rings. The highest BCUT2D eigenvalue weighted by Gasteiger charge is 2.24. The van der Waals surface area contributed by atoms with Gasteiger partial charge in [-0.2, -0.15) is 5.10 Å². The first-order valence-corrected chi connectivity index (χ1v) is 7.79. The number of carbonyl (C=O) groups is 1. The van der Waals surface area contributed by atoms with Crippen LogP contribution >= 0.6 is 0 Å². The first kappa shape index (κ1) is 17.0. The van der Waals surface area contributed by atoms with Crippen LogP contribution in [0.3, 0.4) is 0 Å². The fourth-order valence-corrected chi connectivity index (χ4v) is 2.39. The molecule has 124 valence electrons. The van der Waals surface area contributed by atoms with Crippen molar-refractivity contribution in [2.24, 2.45) is 0 Å². The number of hydrogen-bond donors (Lipinski definition) is 3. The van der Waals surface area contributed by atoms with Crippen molar-refractivity contribution >= 4 is 11.8 Å². The van der Waals surface area contributed by atoms with Gasteiger partial charge in [0.15, 0.2) is 0 Å². The number of benzene rings is 1. The molecule has 0 spiro atoms. The molecule has 1 aromatic carbocycles. The van der Waals surface area contributed by atoms with Crippen molar-refractivity contribution in [3.05, 3.63) is 42.1 Å². The Morgan fingerprint density at radius 1 is 1.35 bits per heavy atom. The summed E-state index contributed by atoms with van der Waals surface area (Å²) in [6, 6.07) is 9.29. The molecule has 23 heavy (non-hydrogen) atoms. The number of urea groups is 1. The Bertz CT molecular complexity index is 668. The minimum Gasteiger partial charge on any atom is -0.396 e. The van der Waals surface area contributed by atoms with Crippen LogP contribution in [0.25, 0.3) is 5.69 Å². The van der Waals surface area contributed by atoms with Crippen LogP contribution in [0.2, 0.25) is 0 Å². The van der Waals surface area contributed by atoms with Gasteiger partial charge in [-0.25, -0.2) is 9.48 Å². The number of hydrogen-bond acceptors (Lipinski definition) is 3. The number of aliphatic hydroxyl groups is 1. The maximum Gasteiger partial charge on any atom is 0.320 e. The van der Waals surface area contributed by atoms with E-state index in [1.165, 1.54) is 0 Å². The molecule has 6 nitrogen and oxygen atoms in total. The molecule has 0 saturated heterocycles. The smallest absolute Gasteiger partial charge is 0.320 e. The van der Waals surface area contributed by atoms with Crippen molar-refractivity contribution in [3.8, 4) is 5.69 Å². The van der Waals surface area contributed by atoms with Crippen LogP contribution in [-0.2, 0) is 0 Å². The van der Waals surface area contributed by atoms with Crippen molar-refractivity contribution in [2.75, 3.05) is 11.9 Å². The number of amides is 2. The van der Waals surface area contributed by atoms with Crippen molar-refractivity contribution < 1.29 is 9.90 Å². The molecule has 1 unspecified atom stereocenters. The minimum absolute atomic E-state index is 0.0335. The van der Waals surface area contributed by atoms with Gasteiger partial charge in [0.05, 0.1) is 11.9 Å². The van der Waals surface area contributed by atoms with E-state index >= 15 is 0 Å². The zero-order valence-corrected chi connectivity index (χ0v) is 13.8. The van der Waals surface area contributed by atoms with Gasteiger partial charge >= 0.3 is 6.03 Å². The van der Waals surface area contributed by atoms with Crippen molar-refractivity contribution in [1.29, 1.82) is 0 Å². The number of nitrogens with zero attached hydrogens (tertiary/aromatic N) is 2.